The molecule has 102 valence electrons. The van der Waals surface area contributed by atoms with E-state index in [1.54, 1.807) is 0 Å². The van der Waals surface area contributed by atoms with Crippen LogP contribution in [0.2, 0.25) is 13.1 Å². The zero-order chi connectivity index (χ0) is 14.4. The molecule has 1 heteroatoms. The molecule has 4 rings (SSSR count). The molecule has 0 aliphatic heterocycles. The first-order chi connectivity index (χ1) is 10.2. The van der Waals surface area contributed by atoms with Crippen LogP contribution >= 0.6 is 0 Å². The van der Waals surface area contributed by atoms with Gasteiger partial charge in [0.15, 0.2) is 0 Å². The summed E-state index contributed by atoms with van der Waals surface area (Å²) >= 11 is 0. The van der Waals surface area contributed by atoms with E-state index in [1.165, 1.54) is 32.3 Å². The van der Waals surface area contributed by atoms with Crippen LogP contribution in [0.25, 0.3) is 22.9 Å². The maximum absolute atomic E-state index is 2.45. The summed E-state index contributed by atoms with van der Waals surface area (Å²) in [5.74, 6) is 0. The minimum atomic E-state index is -1.67. The molecule has 0 fully saturated rings. The van der Waals surface area contributed by atoms with Crippen molar-refractivity contribution in [3.05, 3.63) is 71.8 Å². The van der Waals surface area contributed by atoms with E-state index in [1.807, 2.05) is 0 Å². The highest BCUT2D eigenvalue weighted by atomic mass is 28.3. The van der Waals surface area contributed by atoms with Crippen LogP contribution in [0.1, 0.15) is 11.1 Å². The van der Waals surface area contributed by atoms with Gasteiger partial charge in [0.1, 0.15) is 8.07 Å². The molecule has 0 aromatic heterocycles. The largest absolute Gasteiger partial charge is 0.113 e. The first kappa shape index (κ1) is 12.6. The van der Waals surface area contributed by atoms with Crippen LogP contribution in [0.15, 0.2) is 60.7 Å². The molecular weight excluding hydrogens is 268 g/mol. The van der Waals surface area contributed by atoms with Gasteiger partial charge < -0.3 is 0 Å². The lowest BCUT2D eigenvalue weighted by molar-refractivity contribution is 1.68. The third-order valence-corrected chi connectivity index (χ3v) is 8.28. The van der Waals surface area contributed by atoms with Crippen LogP contribution in [0.3, 0.4) is 0 Å². The quantitative estimate of drug-likeness (QED) is 0.486. The average molecular weight is 286 g/mol. The second-order valence-electron chi connectivity index (χ2n) is 6.30. The lowest BCUT2D eigenvalue weighted by atomic mass is 10.0. The summed E-state index contributed by atoms with van der Waals surface area (Å²) in [7, 11) is -1.67. The van der Waals surface area contributed by atoms with Gasteiger partial charge in [-0.15, -0.1) is 0 Å². The van der Waals surface area contributed by atoms with Crippen molar-refractivity contribution >= 4 is 41.4 Å². The summed E-state index contributed by atoms with van der Waals surface area (Å²) < 4.78 is 0. The average Bonchev–Trinajstić information content (AvgIpc) is 2.94. The van der Waals surface area contributed by atoms with Crippen molar-refractivity contribution < 1.29 is 0 Å². The van der Waals surface area contributed by atoms with Crippen LogP contribution < -0.4 is 10.4 Å². The zero-order valence-electron chi connectivity index (χ0n) is 12.4. The Hall–Kier alpha value is -2.12. The topological polar surface area (TPSA) is 0 Å². The Bertz CT molecular complexity index is 845. The Morgan fingerprint density at radius 3 is 2.14 bits per heavy atom. The third-order valence-electron chi connectivity index (χ3n) is 4.72. The Kier molecular flexibility index (Phi) is 2.66. The third kappa shape index (κ3) is 1.81. The van der Waals surface area contributed by atoms with E-state index in [0.717, 1.165) is 0 Å². The van der Waals surface area contributed by atoms with Gasteiger partial charge in [0.25, 0.3) is 0 Å². The van der Waals surface area contributed by atoms with E-state index in [-0.39, 0.29) is 0 Å². The smallest absolute Gasteiger partial charge is 0.0626 e. The van der Waals surface area contributed by atoms with Crippen molar-refractivity contribution in [1.82, 2.24) is 0 Å². The maximum Gasteiger partial charge on any atom is 0.113 e. The fourth-order valence-corrected chi connectivity index (χ4v) is 6.19. The number of benzene rings is 3. The van der Waals surface area contributed by atoms with Gasteiger partial charge in [-0.05, 0) is 27.1 Å². The molecule has 0 N–H and O–H groups in total. The molecule has 0 bridgehead atoms. The van der Waals surface area contributed by atoms with E-state index in [2.05, 4.69) is 85.9 Å². The van der Waals surface area contributed by atoms with Crippen LogP contribution in [0.5, 0.6) is 0 Å². The molecule has 0 atom stereocenters. The highest BCUT2D eigenvalue weighted by Crippen LogP contribution is 2.31. The monoisotopic (exact) mass is 286 g/mol. The molecule has 21 heavy (non-hydrogen) atoms. The van der Waals surface area contributed by atoms with Gasteiger partial charge in [-0.25, -0.2) is 0 Å². The standard InChI is InChI=1S/C20H18Si/c1-21(2,17-8-4-3-5-9-17)19-14-13-16-12-11-15-7-6-10-18(19)20(15)16/h3-14H,1-2H3. The van der Waals surface area contributed by atoms with E-state index in [4.69, 9.17) is 0 Å². The van der Waals surface area contributed by atoms with Gasteiger partial charge in [0.05, 0.1) is 0 Å². The van der Waals surface area contributed by atoms with Gasteiger partial charge >= 0.3 is 0 Å². The van der Waals surface area contributed by atoms with Gasteiger partial charge in [-0.3, -0.25) is 0 Å². The van der Waals surface area contributed by atoms with Crippen molar-refractivity contribution in [2.24, 2.45) is 0 Å². The minimum absolute atomic E-state index is 1.36. The molecule has 0 heterocycles. The van der Waals surface area contributed by atoms with E-state index < -0.39 is 8.07 Å². The van der Waals surface area contributed by atoms with Gasteiger partial charge in [-0.1, -0.05) is 91.1 Å². The predicted octanol–water partition coefficient (Wildman–Crippen LogP) is 4.15. The van der Waals surface area contributed by atoms with E-state index >= 15 is 0 Å². The Morgan fingerprint density at radius 1 is 0.667 bits per heavy atom. The molecule has 0 radical (unpaired) electrons. The Labute approximate surface area is 126 Å². The Morgan fingerprint density at radius 2 is 1.38 bits per heavy atom. The number of rotatable bonds is 2. The zero-order valence-corrected chi connectivity index (χ0v) is 13.4. The molecule has 0 unspecified atom stereocenters. The second kappa shape index (κ2) is 4.44. The van der Waals surface area contributed by atoms with E-state index in [0.29, 0.717) is 0 Å². The number of hydrogen-bond acceptors (Lipinski definition) is 0. The van der Waals surface area contributed by atoms with Crippen molar-refractivity contribution in [2.45, 2.75) is 13.1 Å². The molecule has 0 nitrogen and oxygen atoms in total. The minimum Gasteiger partial charge on any atom is -0.0626 e. The lowest BCUT2D eigenvalue weighted by Crippen LogP contribution is -2.53. The summed E-state index contributed by atoms with van der Waals surface area (Å²) in [6.45, 7) is 4.91. The molecule has 0 spiro atoms. The highest BCUT2D eigenvalue weighted by molar-refractivity contribution is 7.01. The van der Waals surface area contributed by atoms with Crippen molar-refractivity contribution in [3.63, 3.8) is 0 Å². The summed E-state index contributed by atoms with van der Waals surface area (Å²) in [4.78, 5) is 0. The van der Waals surface area contributed by atoms with Crippen molar-refractivity contribution in [3.8, 4) is 0 Å². The molecule has 1 aliphatic carbocycles. The second-order valence-corrected chi connectivity index (χ2v) is 10.7. The van der Waals surface area contributed by atoms with Crippen LogP contribution in [0, 0.1) is 0 Å². The van der Waals surface area contributed by atoms with Crippen LogP contribution in [-0.2, 0) is 0 Å². The first-order valence-corrected chi connectivity index (χ1v) is 10.5. The lowest BCUT2D eigenvalue weighted by Gasteiger charge is -2.26. The fourth-order valence-electron chi connectivity index (χ4n) is 3.48. The molecule has 0 saturated carbocycles. The van der Waals surface area contributed by atoms with Crippen molar-refractivity contribution in [2.75, 3.05) is 0 Å². The molecular formula is C20H18Si. The number of hydrogen-bond donors (Lipinski definition) is 0. The first-order valence-electron chi connectivity index (χ1n) is 7.48. The highest BCUT2D eigenvalue weighted by Gasteiger charge is 2.28. The Balaban J connectivity index is 2.01. The SMILES string of the molecule is C[Si](C)(c1ccccc1)c1ccc2c3c(cccc13)C=C2. The summed E-state index contributed by atoms with van der Waals surface area (Å²) in [6, 6.07) is 22.3. The van der Waals surface area contributed by atoms with Gasteiger partial charge in [0.2, 0.25) is 0 Å². The van der Waals surface area contributed by atoms with Crippen LogP contribution in [-0.4, -0.2) is 8.07 Å². The molecule has 3 aromatic carbocycles. The fraction of sp³-hybridized carbons (Fsp3) is 0.100. The maximum atomic E-state index is 2.45. The van der Waals surface area contributed by atoms with Gasteiger partial charge in [-0.2, -0.15) is 0 Å². The normalized spacial score (nSPS) is 13.0. The van der Waals surface area contributed by atoms with Crippen LogP contribution in [0.4, 0.5) is 0 Å². The molecule has 0 amide bonds. The van der Waals surface area contributed by atoms with Gasteiger partial charge in [0, 0.05) is 0 Å². The molecule has 3 aromatic rings. The molecule has 0 saturated heterocycles. The predicted molar refractivity (Wildman–Crippen MR) is 96.1 cm³/mol. The van der Waals surface area contributed by atoms with E-state index in [9.17, 15) is 0 Å². The van der Waals surface area contributed by atoms with Crippen molar-refractivity contribution in [1.29, 1.82) is 0 Å². The molecule has 1 aliphatic rings. The summed E-state index contributed by atoms with van der Waals surface area (Å²) in [5.41, 5.74) is 2.73. The summed E-state index contributed by atoms with van der Waals surface area (Å²) in [5, 5.41) is 5.91. The summed E-state index contributed by atoms with van der Waals surface area (Å²) in [6.07, 6.45) is 4.47.